The van der Waals surface area contributed by atoms with Gasteiger partial charge in [0.2, 0.25) is 0 Å². The van der Waals surface area contributed by atoms with Crippen molar-refractivity contribution < 1.29 is 0 Å². The molecule has 126 valence electrons. The number of hydrogen-bond donors (Lipinski definition) is 0. The molecule has 0 saturated heterocycles. The maximum Gasteiger partial charge on any atom is 0.197 e. The SMILES string of the molecule is C=C(c1ccccc1)c1ccccc1.c1cnc(-c2ncccn2)nc1. The Kier molecular flexibility index (Phi) is 5.94. The molecule has 0 radical (unpaired) electrons. The molecule has 0 N–H and O–H groups in total. The molecule has 4 nitrogen and oxygen atoms in total. The van der Waals surface area contributed by atoms with E-state index in [2.05, 4.69) is 50.8 Å². The van der Waals surface area contributed by atoms with Crippen LogP contribution in [-0.4, -0.2) is 19.9 Å². The minimum Gasteiger partial charge on any atom is -0.234 e. The minimum absolute atomic E-state index is 0.554. The number of aromatic nitrogens is 4. The van der Waals surface area contributed by atoms with Gasteiger partial charge in [-0.1, -0.05) is 67.2 Å². The number of nitrogens with zero attached hydrogens (tertiary/aromatic N) is 4. The molecule has 2 heterocycles. The third-order valence-corrected chi connectivity index (χ3v) is 3.58. The van der Waals surface area contributed by atoms with Crippen molar-refractivity contribution in [2.45, 2.75) is 0 Å². The monoisotopic (exact) mass is 338 g/mol. The van der Waals surface area contributed by atoms with Gasteiger partial charge in [-0.15, -0.1) is 0 Å². The Morgan fingerprint density at radius 2 is 0.846 bits per heavy atom. The molecule has 0 saturated carbocycles. The summed E-state index contributed by atoms with van der Waals surface area (Å²) in [6.07, 6.45) is 6.66. The van der Waals surface area contributed by atoms with Crippen molar-refractivity contribution in [3.63, 3.8) is 0 Å². The van der Waals surface area contributed by atoms with E-state index >= 15 is 0 Å². The lowest BCUT2D eigenvalue weighted by Gasteiger charge is -2.04. The zero-order chi connectivity index (χ0) is 18.0. The lowest BCUT2D eigenvalue weighted by Crippen LogP contribution is -1.91. The third kappa shape index (κ3) is 4.68. The largest absolute Gasteiger partial charge is 0.234 e. The lowest BCUT2D eigenvalue weighted by molar-refractivity contribution is 1.08. The van der Waals surface area contributed by atoms with Gasteiger partial charge in [-0.05, 0) is 28.8 Å². The predicted molar refractivity (Wildman–Crippen MR) is 104 cm³/mol. The van der Waals surface area contributed by atoms with Gasteiger partial charge in [0.15, 0.2) is 11.6 Å². The van der Waals surface area contributed by atoms with Gasteiger partial charge >= 0.3 is 0 Å². The zero-order valence-electron chi connectivity index (χ0n) is 14.2. The maximum absolute atomic E-state index is 4.10. The normalized spacial score (nSPS) is 9.69. The molecule has 0 fully saturated rings. The average molecular weight is 338 g/mol. The fourth-order valence-corrected chi connectivity index (χ4v) is 2.27. The highest BCUT2D eigenvalue weighted by atomic mass is 15.0. The number of benzene rings is 2. The molecule has 0 aliphatic heterocycles. The first-order valence-corrected chi connectivity index (χ1v) is 8.19. The summed E-state index contributed by atoms with van der Waals surface area (Å²) in [5, 5.41) is 0. The smallest absolute Gasteiger partial charge is 0.197 e. The van der Waals surface area contributed by atoms with Gasteiger partial charge in [0.25, 0.3) is 0 Å². The molecule has 0 amide bonds. The van der Waals surface area contributed by atoms with Gasteiger partial charge in [0.05, 0.1) is 0 Å². The van der Waals surface area contributed by atoms with Gasteiger partial charge in [0.1, 0.15) is 0 Å². The molecule has 0 unspecified atom stereocenters. The van der Waals surface area contributed by atoms with Crippen LogP contribution in [0.2, 0.25) is 0 Å². The molecule has 0 spiro atoms. The van der Waals surface area contributed by atoms with Crippen molar-refractivity contribution in [1.29, 1.82) is 0 Å². The van der Waals surface area contributed by atoms with E-state index in [-0.39, 0.29) is 0 Å². The molecular weight excluding hydrogens is 320 g/mol. The van der Waals surface area contributed by atoms with Crippen LogP contribution in [0.5, 0.6) is 0 Å². The highest BCUT2D eigenvalue weighted by molar-refractivity contribution is 5.77. The molecule has 26 heavy (non-hydrogen) atoms. The van der Waals surface area contributed by atoms with Crippen molar-refractivity contribution in [3.05, 3.63) is 115 Å². The molecule has 2 aromatic carbocycles. The van der Waals surface area contributed by atoms with E-state index < -0.39 is 0 Å². The van der Waals surface area contributed by atoms with E-state index in [1.165, 1.54) is 11.1 Å². The van der Waals surface area contributed by atoms with Gasteiger partial charge in [-0.25, -0.2) is 19.9 Å². The van der Waals surface area contributed by atoms with Gasteiger partial charge in [-0.3, -0.25) is 0 Å². The summed E-state index contributed by atoms with van der Waals surface area (Å²) < 4.78 is 0. The Hall–Kier alpha value is -3.66. The van der Waals surface area contributed by atoms with E-state index in [1.54, 1.807) is 36.9 Å². The second kappa shape index (κ2) is 8.99. The topological polar surface area (TPSA) is 51.6 Å². The van der Waals surface area contributed by atoms with Crippen molar-refractivity contribution in [2.75, 3.05) is 0 Å². The maximum atomic E-state index is 4.10. The van der Waals surface area contributed by atoms with Crippen molar-refractivity contribution in [3.8, 4) is 11.6 Å². The standard InChI is InChI=1S/C14H12.C8H6N4/c1-12(13-8-4-2-5-9-13)14-10-6-3-7-11-14;1-3-9-7(10-4-1)8-11-5-2-6-12-8/h2-11H,1H2;1-6H. The van der Waals surface area contributed by atoms with Crippen molar-refractivity contribution in [2.24, 2.45) is 0 Å². The van der Waals surface area contributed by atoms with Crippen LogP contribution in [0, 0.1) is 0 Å². The Morgan fingerprint density at radius 1 is 0.500 bits per heavy atom. The quantitative estimate of drug-likeness (QED) is 0.544. The summed E-state index contributed by atoms with van der Waals surface area (Å²) in [5.41, 5.74) is 3.43. The van der Waals surface area contributed by atoms with Crippen LogP contribution < -0.4 is 0 Å². The van der Waals surface area contributed by atoms with Crippen molar-refractivity contribution in [1.82, 2.24) is 19.9 Å². The summed E-state index contributed by atoms with van der Waals surface area (Å²) >= 11 is 0. The Morgan fingerprint density at radius 3 is 1.19 bits per heavy atom. The molecule has 0 aliphatic carbocycles. The van der Waals surface area contributed by atoms with E-state index in [0.29, 0.717) is 11.6 Å². The molecule has 0 aliphatic rings. The summed E-state index contributed by atoms with van der Waals surface area (Å²) in [4.78, 5) is 16.1. The van der Waals surface area contributed by atoms with Crippen LogP contribution in [0.15, 0.2) is 104 Å². The Labute approximate surface area is 153 Å². The van der Waals surface area contributed by atoms with Crippen LogP contribution >= 0.6 is 0 Å². The third-order valence-electron chi connectivity index (χ3n) is 3.58. The first-order valence-electron chi connectivity index (χ1n) is 8.19. The first kappa shape index (κ1) is 17.2. The molecular formula is C22H18N4. The van der Waals surface area contributed by atoms with E-state index in [4.69, 9.17) is 0 Å². The molecule has 4 heteroatoms. The first-order chi connectivity index (χ1) is 12.8. The molecule has 2 aromatic heterocycles. The Bertz CT molecular complexity index is 846. The van der Waals surface area contributed by atoms with Crippen molar-refractivity contribution >= 4 is 5.57 Å². The number of hydrogen-bond acceptors (Lipinski definition) is 4. The summed E-state index contributed by atoms with van der Waals surface area (Å²) in [5.74, 6) is 1.11. The van der Waals surface area contributed by atoms with Gasteiger partial charge in [0, 0.05) is 24.8 Å². The highest BCUT2D eigenvalue weighted by Gasteiger charge is 2.00. The summed E-state index contributed by atoms with van der Waals surface area (Å²) in [6.45, 7) is 4.10. The van der Waals surface area contributed by atoms with E-state index in [9.17, 15) is 0 Å². The fourth-order valence-electron chi connectivity index (χ4n) is 2.27. The lowest BCUT2D eigenvalue weighted by atomic mass is 10.0. The second-order valence-electron chi connectivity index (χ2n) is 5.36. The predicted octanol–water partition coefficient (Wildman–Crippen LogP) is 4.68. The summed E-state index contributed by atoms with van der Waals surface area (Å²) in [6, 6.07) is 24.0. The summed E-state index contributed by atoms with van der Waals surface area (Å²) in [7, 11) is 0. The highest BCUT2D eigenvalue weighted by Crippen LogP contribution is 2.20. The molecule has 0 atom stereocenters. The molecule has 4 rings (SSSR count). The van der Waals surface area contributed by atoms with Crippen LogP contribution in [0.4, 0.5) is 0 Å². The molecule has 4 aromatic rings. The van der Waals surface area contributed by atoms with E-state index in [0.717, 1.165) is 5.57 Å². The average Bonchev–Trinajstić information content (AvgIpc) is 2.76. The van der Waals surface area contributed by atoms with Gasteiger partial charge in [-0.2, -0.15) is 0 Å². The van der Waals surface area contributed by atoms with E-state index in [1.807, 2.05) is 36.4 Å². The zero-order valence-corrected chi connectivity index (χ0v) is 14.2. The molecule has 0 bridgehead atoms. The fraction of sp³-hybridized carbons (Fsp3) is 0. The second-order valence-corrected chi connectivity index (χ2v) is 5.36. The van der Waals surface area contributed by atoms with Gasteiger partial charge < -0.3 is 0 Å². The van der Waals surface area contributed by atoms with Crippen LogP contribution in [0.3, 0.4) is 0 Å². The van der Waals surface area contributed by atoms with Crippen LogP contribution in [0.25, 0.3) is 17.2 Å². The van der Waals surface area contributed by atoms with Crippen LogP contribution in [-0.2, 0) is 0 Å². The number of rotatable bonds is 3. The minimum atomic E-state index is 0.554. The Balaban J connectivity index is 0.000000152. The van der Waals surface area contributed by atoms with Crippen LogP contribution in [0.1, 0.15) is 11.1 Å².